The minimum atomic E-state index is -0.521. The van der Waals surface area contributed by atoms with Crippen LogP contribution in [0.3, 0.4) is 0 Å². The van der Waals surface area contributed by atoms with E-state index in [1.165, 1.54) is 0 Å². The van der Waals surface area contributed by atoms with Crippen molar-refractivity contribution in [3.8, 4) is 5.75 Å². The third-order valence-electron chi connectivity index (χ3n) is 2.90. The molecule has 1 rings (SSSR count). The van der Waals surface area contributed by atoms with Crippen LogP contribution in [0.15, 0.2) is 18.2 Å². The molecule has 1 N–H and O–H groups in total. The second kappa shape index (κ2) is 6.50. The monoisotopic (exact) mass is 237 g/mol. The Bertz CT molecular complexity index is 350. The first kappa shape index (κ1) is 13.8. The minimum absolute atomic E-state index is 0.521. The molecule has 0 aliphatic rings. The van der Waals surface area contributed by atoms with Gasteiger partial charge in [0.2, 0.25) is 0 Å². The highest BCUT2D eigenvalue weighted by Crippen LogP contribution is 2.34. The van der Waals surface area contributed by atoms with Crippen molar-refractivity contribution in [2.24, 2.45) is 0 Å². The average Bonchev–Trinajstić information content (AvgIpc) is 2.34. The normalized spacial score (nSPS) is 12.3. The van der Waals surface area contributed by atoms with Crippen LogP contribution in [0, 0.1) is 0 Å². The fourth-order valence-electron chi connectivity index (χ4n) is 2.12. The van der Waals surface area contributed by atoms with Gasteiger partial charge >= 0.3 is 0 Å². The molecular formula is C14H23NO2. The molecule has 17 heavy (non-hydrogen) atoms. The molecule has 1 aromatic carbocycles. The van der Waals surface area contributed by atoms with E-state index in [2.05, 4.69) is 18.7 Å². The molecule has 0 aromatic heterocycles. The van der Waals surface area contributed by atoms with Gasteiger partial charge in [0.1, 0.15) is 5.75 Å². The van der Waals surface area contributed by atoms with Crippen LogP contribution in [0.1, 0.15) is 38.9 Å². The third kappa shape index (κ3) is 3.13. The highest BCUT2D eigenvalue weighted by Gasteiger charge is 2.17. The summed E-state index contributed by atoms with van der Waals surface area (Å²) in [6, 6.07) is 5.91. The highest BCUT2D eigenvalue weighted by molar-refractivity contribution is 5.60. The predicted octanol–water partition coefficient (Wildman–Crippen LogP) is 2.98. The first-order valence-corrected chi connectivity index (χ1v) is 6.25. The van der Waals surface area contributed by atoms with Gasteiger partial charge in [-0.05, 0) is 32.4 Å². The van der Waals surface area contributed by atoms with Crippen LogP contribution >= 0.6 is 0 Å². The highest BCUT2D eigenvalue weighted by atomic mass is 16.5. The molecule has 0 fully saturated rings. The molecular weight excluding hydrogens is 214 g/mol. The summed E-state index contributed by atoms with van der Waals surface area (Å²) in [6.07, 6.45) is 0.566. The fourth-order valence-corrected chi connectivity index (χ4v) is 2.12. The van der Waals surface area contributed by atoms with Crippen LogP contribution < -0.4 is 9.64 Å². The maximum Gasteiger partial charge on any atom is 0.126 e. The smallest absolute Gasteiger partial charge is 0.126 e. The topological polar surface area (TPSA) is 32.7 Å². The number of hydrogen-bond acceptors (Lipinski definition) is 3. The van der Waals surface area contributed by atoms with Crippen LogP contribution in [0.4, 0.5) is 5.69 Å². The van der Waals surface area contributed by atoms with Gasteiger partial charge in [-0.1, -0.05) is 13.0 Å². The van der Waals surface area contributed by atoms with E-state index in [1.54, 1.807) is 14.0 Å². The number of anilines is 1. The summed E-state index contributed by atoms with van der Waals surface area (Å²) in [7, 11) is 1.64. The lowest BCUT2D eigenvalue weighted by molar-refractivity contribution is 0.194. The predicted molar refractivity (Wildman–Crippen MR) is 71.8 cm³/mol. The summed E-state index contributed by atoms with van der Waals surface area (Å²) in [5.41, 5.74) is 1.95. The lowest BCUT2D eigenvalue weighted by Crippen LogP contribution is -2.25. The second-order valence-electron chi connectivity index (χ2n) is 4.15. The van der Waals surface area contributed by atoms with E-state index in [0.29, 0.717) is 0 Å². The zero-order valence-corrected chi connectivity index (χ0v) is 11.2. The standard InChI is InChI=1S/C14H23NO2/c1-5-10-15(6-2)12-8-7-9-13(17-4)14(12)11(3)16/h7-9,11,16H,5-6,10H2,1-4H3. The van der Waals surface area contributed by atoms with Crippen molar-refractivity contribution < 1.29 is 9.84 Å². The van der Waals surface area contributed by atoms with Crippen molar-refractivity contribution in [1.82, 2.24) is 0 Å². The Morgan fingerprint density at radius 1 is 1.35 bits per heavy atom. The largest absolute Gasteiger partial charge is 0.496 e. The molecule has 0 bridgehead atoms. The Morgan fingerprint density at radius 3 is 2.53 bits per heavy atom. The third-order valence-corrected chi connectivity index (χ3v) is 2.90. The van der Waals surface area contributed by atoms with Gasteiger partial charge in [-0.25, -0.2) is 0 Å². The van der Waals surface area contributed by atoms with E-state index in [-0.39, 0.29) is 0 Å². The first-order chi connectivity index (χ1) is 8.15. The summed E-state index contributed by atoms with van der Waals surface area (Å²) in [6.45, 7) is 7.98. The molecule has 0 spiro atoms. The summed E-state index contributed by atoms with van der Waals surface area (Å²) in [5.74, 6) is 0.757. The van der Waals surface area contributed by atoms with E-state index < -0.39 is 6.10 Å². The molecule has 0 aliphatic carbocycles. The lowest BCUT2D eigenvalue weighted by Gasteiger charge is -2.27. The van der Waals surface area contributed by atoms with Gasteiger partial charge in [0.15, 0.2) is 0 Å². The van der Waals surface area contributed by atoms with E-state index in [4.69, 9.17) is 4.74 Å². The van der Waals surface area contributed by atoms with Gasteiger partial charge in [-0.3, -0.25) is 0 Å². The maximum atomic E-state index is 9.92. The number of rotatable bonds is 6. The molecule has 0 radical (unpaired) electrons. The van der Waals surface area contributed by atoms with Gasteiger partial charge in [0.05, 0.1) is 13.2 Å². The zero-order valence-electron chi connectivity index (χ0n) is 11.2. The molecule has 96 valence electrons. The van der Waals surface area contributed by atoms with E-state index in [0.717, 1.165) is 36.5 Å². The van der Waals surface area contributed by atoms with Crippen molar-refractivity contribution in [1.29, 1.82) is 0 Å². The van der Waals surface area contributed by atoms with Crippen molar-refractivity contribution in [2.45, 2.75) is 33.3 Å². The van der Waals surface area contributed by atoms with E-state index >= 15 is 0 Å². The second-order valence-corrected chi connectivity index (χ2v) is 4.15. The Morgan fingerprint density at radius 2 is 2.06 bits per heavy atom. The number of hydrogen-bond donors (Lipinski definition) is 1. The van der Waals surface area contributed by atoms with Crippen LogP contribution in [-0.4, -0.2) is 25.3 Å². The molecule has 1 atom stereocenters. The SMILES string of the molecule is CCCN(CC)c1cccc(OC)c1C(C)O. The van der Waals surface area contributed by atoms with Gasteiger partial charge in [-0.2, -0.15) is 0 Å². The molecule has 0 aliphatic heterocycles. The lowest BCUT2D eigenvalue weighted by atomic mass is 10.1. The van der Waals surface area contributed by atoms with E-state index in [1.807, 2.05) is 18.2 Å². The summed E-state index contributed by atoms with van der Waals surface area (Å²) in [5, 5.41) is 9.92. The number of nitrogens with zero attached hydrogens (tertiary/aromatic N) is 1. The maximum absolute atomic E-state index is 9.92. The van der Waals surface area contributed by atoms with Crippen molar-refractivity contribution in [2.75, 3.05) is 25.1 Å². The van der Waals surface area contributed by atoms with Gasteiger partial charge in [-0.15, -0.1) is 0 Å². The van der Waals surface area contributed by atoms with Crippen molar-refractivity contribution in [3.63, 3.8) is 0 Å². The fraction of sp³-hybridized carbons (Fsp3) is 0.571. The van der Waals surface area contributed by atoms with Crippen molar-refractivity contribution in [3.05, 3.63) is 23.8 Å². The van der Waals surface area contributed by atoms with Crippen molar-refractivity contribution >= 4 is 5.69 Å². The average molecular weight is 237 g/mol. The molecule has 0 amide bonds. The van der Waals surface area contributed by atoms with Crippen LogP contribution in [0.25, 0.3) is 0 Å². The Balaban J connectivity index is 3.20. The number of aliphatic hydroxyl groups is 1. The number of methoxy groups -OCH3 is 1. The Kier molecular flexibility index (Phi) is 5.29. The van der Waals surface area contributed by atoms with Gasteiger partial charge in [0, 0.05) is 24.3 Å². The molecule has 0 saturated heterocycles. The molecule has 0 heterocycles. The molecule has 1 aromatic rings. The first-order valence-electron chi connectivity index (χ1n) is 6.25. The minimum Gasteiger partial charge on any atom is -0.496 e. The van der Waals surface area contributed by atoms with Crippen LogP contribution in [0.5, 0.6) is 5.75 Å². The van der Waals surface area contributed by atoms with E-state index in [9.17, 15) is 5.11 Å². The van der Waals surface area contributed by atoms with Gasteiger partial charge < -0.3 is 14.7 Å². The Hall–Kier alpha value is -1.22. The molecule has 3 nitrogen and oxygen atoms in total. The summed E-state index contributed by atoms with van der Waals surface area (Å²) < 4.78 is 5.33. The number of aliphatic hydroxyl groups excluding tert-OH is 1. The van der Waals surface area contributed by atoms with Gasteiger partial charge in [0.25, 0.3) is 0 Å². The molecule has 0 saturated carbocycles. The number of ether oxygens (including phenoxy) is 1. The quantitative estimate of drug-likeness (QED) is 0.825. The molecule has 3 heteroatoms. The van der Waals surface area contributed by atoms with Crippen LogP contribution in [-0.2, 0) is 0 Å². The number of benzene rings is 1. The Labute approximate surface area is 104 Å². The molecule has 1 unspecified atom stereocenters. The summed E-state index contributed by atoms with van der Waals surface area (Å²) >= 11 is 0. The summed E-state index contributed by atoms with van der Waals surface area (Å²) in [4.78, 5) is 2.27. The zero-order chi connectivity index (χ0) is 12.8. The van der Waals surface area contributed by atoms with Crippen LogP contribution in [0.2, 0.25) is 0 Å².